The minimum absolute atomic E-state index is 0.0151. The number of likely N-dealkylation sites (tertiary alicyclic amines) is 1. The summed E-state index contributed by atoms with van der Waals surface area (Å²) in [5.74, 6) is 0.849. The molecule has 1 fully saturated rings. The van der Waals surface area contributed by atoms with E-state index in [1.807, 2.05) is 30.3 Å². The third kappa shape index (κ3) is 5.58. The highest BCUT2D eigenvalue weighted by Gasteiger charge is 2.27. The van der Waals surface area contributed by atoms with Crippen LogP contribution in [0.15, 0.2) is 30.3 Å². The van der Waals surface area contributed by atoms with Gasteiger partial charge in [-0.3, -0.25) is 9.59 Å². The first kappa shape index (κ1) is 17.3. The van der Waals surface area contributed by atoms with Gasteiger partial charge in [0.15, 0.2) is 6.61 Å². The summed E-state index contributed by atoms with van der Waals surface area (Å²) in [6, 6.07) is 9.33. The van der Waals surface area contributed by atoms with Crippen molar-refractivity contribution in [2.75, 3.05) is 26.2 Å². The van der Waals surface area contributed by atoms with Gasteiger partial charge in [-0.05, 0) is 31.4 Å². The highest BCUT2D eigenvalue weighted by atomic mass is 16.5. The Labute approximate surface area is 138 Å². The van der Waals surface area contributed by atoms with Crippen LogP contribution in [0.5, 0.6) is 5.75 Å². The molecule has 1 aliphatic heterocycles. The van der Waals surface area contributed by atoms with Gasteiger partial charge in [0.25, 0.3) is 5.91 Å². The summed E-state index contributed by atoms with van der Waals surface area (Å²) in [7, 11) is 0. The molecule has 0 aliphatic carbocycles. The van der Waals surface area contributed by atoms with E-state index >= 15 is 0 Å². The van der Waals surface area contributed by atoms with Crippen molar-refractivity contribution in [3.63, 3.8) is 0 Å². The van der Waals surface area contributed by atoms with Gasteiger partial charge in [0, 0.05) is 25.6 Å². The lowest BCUT2D eigenvalue weighted by molar-refractivity contribution is -0.137. The van der Waals surface area contributed by atoms with Crippen molar-refractivity contribution in [1.82, 2.24) is 10.2 Å². The molecule has 1 aromatic carbocycles. The van der Waals surface area contributed by atoms with Crippen LogP contribution in [-0.2, 0) is 9.59 Å². The fourth-order valence-corrected chi connectivity index (χ4v) is 2.68. The monoisotopic (exact) mass is 318 g/mol. The van der Waals surface area contributed by atoms with E-state index in [2.05, 4.69) is 12.2 Å². The summed E-state index contributed by atoms with van der Waals surface area (Å²) in [6.45, 7) is 4.16. The molecule has 0 bridgehead atoms. The van der Waals surface area contributed by atoms with Crippen molar-refractivity contribution in [3.05, 3.63) is 30.3 Å². The largest absolute Gasteiger partial charge is 0.484 e. The first-order chi connectivity index (χ1) is 11.2. The Kier molecular flexibility index (Phi) is 6.91. The maximum Gasteiger partial charge on any atom is 0.260 e. The fourth-order valence-electron chi connectivity index (χ4n) is 2.68. The van der Waals surface area contributed by atoms with Crippen LogP contribution in [0, 0.1) is 5.92 Å². The van der Waals surface area contributed by atoms with E-state index < -0.39 is 0 Å². The Morgan fingerprint density at radius 1 is 1.22 bits per heavy atom. The second-order valence-corrected chi connectivity index (χ2v) is 5.90. The number of ether oxygens (including phenoxy) is 1. The molecule has 0 atom stereocenters. The lowest BCUT2D eigenvalue weighted by Crippen LogP contribution is -2.44. The van der Waals surface area contributed by atoms with E-state index in [1.54, 1.807) is 4.90 Å². The molecule has 0 aromatic heterocycles. The zero-order valence-corrected chi connectivity index (χ0v) is 13.8. The highest BCUT2D eigenvalue weighted by molar-refractivity contribution is 5.80. The molecule has 23 heavy (non-hydrogen) atoms. The average Bonchev–Trinajstić information content (AvgIpc) is 2.61. The topological polar surface area (TPSA) is 58.6 Å². The van der Waals surface area contributed by atoms with E-state index in [1.165, 1.54) is 0 Å². The number of unbranched alkanes of at least 4 members (excludes halogenated alkanes) is 1. The summed E-state index contributed by atoms with van der Waals surface area (Å²) in [4.78, 5) is 26.0. The Hall–Kier alpha value is -2.04. The van der Waals surface area contributed by atoms with Crippen molar-refractivity contribution in [2.24, 2.45) is 5.92 Å². The summed E-state index contributed by atoms with van der Waals surface area (Å²) < 4.78 is 5.49. The predicted molar refractivity (Wildman–Crippen MR) is 89.2 cm³/mol. The molecule has 1 aromatic rings. The second kappa shape index (κ2) is 9.18. The minimum Gasteiger partial charge on any atom is -0.484 e. The molecule has 0 spiro atoms. The third-order valence-corrected chi connectivity index (χ3v) is 4.15. The number of hydrogen-bond acceptors (Lipinski definition) is 3. The van der Waals surface area contributed by atoms with Gasteiger partial charge in [-0.15, -0.1) is 0 Å². The minimum atomic E-state index is -0.0151. The van der Waals surface area contributed by atoms with Crippen molar-refractivity contribution in [3.8, 4) is 5.75 Å². The van der Waals surface area contributed by atoms with Gasteiger partial charge in [0.1, 0.15) is 5.75 Å². The zero-order chi connectivity index (χ0) is 16.5. The van der Waals surface area contributed by atoms with Gasteiger partial charge in [0.05, 0.1) is 0 Å². The molecule has 2 rings (SSSR count). The van der Waals surface area contributed by atoms with Gasteiger partial charge < -0.3 is 15.0 Å². The molecule has 5 heteroatoms. The van der Waals surface area contributed by atoms with E-state index in [4.69, 9.17) is 4.74 Å². The Morgan fingerprint density at radius 2 is 1.91 bits per heavy atom. The SMILES string of the molecule is CCCCNC(=O)C1CCN(C(=O)COc2ccccc2)CC1. The Morgan fingerprint density at radius 3 is 2.57 bits per heavy atom. The maximum absolute atomic E-state index is 12.2. The maximum atomic E-state index is 12.2. The van der Waals surface area contributed by atoms with Crippen molar-refractivity contribution in [1.29, 1.82) is 0 Å². The Balaban J connectivity index is 1.69. The number of nitrogens with zero attached hydrogens (tertiary/aromatic N) is 1. The van der Waals surface area contributed by atoms with Crippen molar-refractivity contribution < 1.29 is 14.3 Å². The van der Waals surface area contributed by atoms with E-state index in [9.17, 15) is 9.59 Å². The average molecular weight is 318 g/mol. The lowest BCUT2D eigenvalue weighted by atomic mass is 9.96. The molecule has 1 aliphatic rings. The number of carbonyl (C=O) groups is 2. The van der Waals surface area contributed by atoms with Crippen LogP contribution in [0.4, 0.5) is 0 Å². The van der Waals surface area contributed by atoms with E-state index in [0.717, 1.165) is 32.2 Å². The molecule has 2 amide bonds. The van der Waals surface area contributed by atoms with Crippen LogP contribution in [0.2, 0.25) is 0 Å². The molecular formula is C18H26N2O3. The first-order valence-electron chi connectivity index (χ1n) is 8.44. The van der Waals surface area contributed by atoms with Gasteiger partial charge >= 0.3 is 0 Å². The summed E-state index contributed by atoms with van der Waals surface area (Å²) in [6.07, 6.45) is 3.55. The van der Waals surface area contributed by atoms with E-state index in [0.29, 0.717) is 18.8 Å². The molecule has 126 valence electrons. The molecule has 5 nitrogen and oxygen atoms in total. The first-order valence-corrected chi connectivity index (χ1v) is 8.44. The number of amides is 2. The second-order valence-electron chi connectivity index (χ2n) is 5.90. The van der Waals surface area contributed by atoms with Crippen LogP contribution in [0.3, 0.4) is 0 Å². The normalized spacial score (nSPS) is 15.3. The van der Waals surface area contributed by atoms with Crippen LogP contribution in [0.25, 0.3) is 0 Å². The van der Waals surface area contributed by atoms with Crippen LogP contribution >= 0.6 is 0 Å². The van der Waals surface area contributed by atoms with E-state index in [-0.39, 0.29) is 24.3 Å². The highest BCUT2D eigenvalue weighted by Crippen LogP contribution is 2.18. The molecular weight excluding hydrogens is 292 g/mol. The van der Waals surface area contributed by atoms with Gasteiger partial charge in [0.2, 0.25) is 5.91 Å². The molecule has 1 saturated heterocycles. The zero-order valence-electron chi connectivity index (χ0n) is 13.8. The summed E-state index contributed by atoms with van der Waals surface area (Å²) in [5, 5.41) is 2.98. The molecule has 0 radical (unpaired) electrons. The van der Waals surface area contributed by atoms with Gasteiger partial charge in [-0.2, -0.15) is 0 Å². The summed E-state index contributed by atoms with van der Waals surface area (Å²) in [5.41, 5.74) is 0. The standard InChI is InChI=1S/C18H26N2O3/c1-2-3-11-19-18(22)15-9-12-20(13-10-15)17(21)14-23-16-7-5-4-6-8-16/h4-8,15H,2-3,9-14H2,1H3,(H,19,22). The van der Waals surface area contributed by atoms with Crippen LogP contribution in [0.1, 0.15) is 32.6 Å². The lowest BCUT2D eigenvalue weighted by Gasteiger charge is -2.31. The summed E-state index contributed by atoms with van der Waals surface area (Å²) >= 11 is 0. The van der Waals surface area contributed by atoms with Crippen molar-refractivity contribution >= 4 is 11.8 Å². The number of piperidine rings is 1. The molecule has 0 unspecified atom stereocenters. The molecule has 0 saturated carbocycles. The predicted octanol–water partition coefficient (Wildman–Crippen LogP) is 2.22. The van der Waals surface area contributed by atoms with Gasteiger partial charge in [-0.25, -0.2) is 0 Å². The number of rotatable bonds is 7. The fraction of sp³-hybridized carbons (Fsp3) is 0.556. The van der Waals surface area contributed by atoms with Crippen LogP contribution < -0.4 is 10.1 Å². The number of benzene rings is 1. The smallest absolute Gasteiger partial charge is 0.260 e. The van der Waals surface area contributed by atoms with Gasteiger partial charge in [-0.1, -0.05) is 31.5 Å². The number of para-hydroxylation sites is 1. The number of carbonyl (C=O) groups excluding carboxylic acids is 2. The number of hydrogen-bond donors (Lipinski definition) is 1. The third-order valence-electron chi connectivity index (χ3n) is 4.15. The number of nitrogens with one attached hydrogen (secondary N) is 1. The van der Waals surface area contributed by atoms with Crippen LogP contribution in [-0.4, -0.2) is 43.0 Å². The molecule has 1 N–H and O–H groups in total. The van der Waals surface area contributed by atoms with Crippen molar-refractivity contribution in [2.45, 2.75) is 32.6 Å². The Bertz CT molecular complexity index is 496. The quantitative estimate of drug-likeness (QED) is 0.784. The molecule has 1 heterocycles.